The lowest BCUT2D eigenvalue weighted by Gasteiger charge is -2.22. The number of alkyl halides is 1. The van der Waals surface area contributed by atoms with Crippen LogP contribution in [0.25, 0.3) is 11.0 Å². The Balaban J connectivity index is 2.53. The molecule has 0 bridgehead atoms. The molecule has 0 aliphatic carbocycles. The molecule has 5 heteroatoms. The first-order valence-electron chi connectivity index (χ1n) is 5.47. The van der Waals surface area contributed by atoms with Gasteiger partial charge in [-0.15, -0.1) is 11.6 Å². The molecule has 0 amide bonds. The topological polar surface area (TPSA) is 29.0 Å². The fourth-order valence-corrected chi connectivity index (χ4v) is 2.32. The van der Waals surface area contributed by atoms with E-state index in [-0.39, 0.29) is 0 Å². The van der Waals surface area contributed by atoms with E-state index in [1.165, 1.54) is 0 Å². The van der Waals surface area contributed by atoms with Crippen molar-refractivity contribution in [1.82, 2.24) is 9.97 Å². The zero-order valence-electron chi connectivity index (χ0n) is 9.53. The predicted octanol–water partition coefficient (Wildman–Crippen LogP) is 3.46. The van der Waals surface area contributed by atoms with Crippen LogP contribution >= 0.6 is 27.5 Å². The van der Waals surface area contributed by atoms with Crippen molar-refractivity contribution >= 4 is 44.3 Å². The van der Waals surface area contributed by atoms with E-state index in [1.54, 1.807) is 6.20 Å². The second kappa shape index (κ2) is 5.65. The van der Waals surface area contributed by atoms with E-state index < -0.39 is 0 Å². The van der Waals surface area contributed by atoms with Crippen molar-refractivity contribution in [2.24, 2.45) is 0 Å². The highest BCUT2D eigenvalue weighted by Gasteiger charge is 2.09. The average molecular weight is 315 g/mol. The first-order valence-corrected chi connectivity index (χ1v) is 6.80. The molecule has 0 spiro atoms. The maximum atomic E-state index is 5.82. The smallest absolute Gasteiger partial charge is 0.112 e. The Kier molecular flexibility index (Phi) is 4.18. The van der Waals surface area contributed by atoms with Gasteiger partial charge in [-0.25, -0.2) is 0 Å². The van der Waals surface area contributed by atoms with Crippen molar-refractivity contribution in [3.05, 3.63) is 29.0 Å². The molecule has 2 heterocycles. The zero-order chi connectivity index (χ0) is 12.3. The maximum Gasteiger partial charge on any atom is 0.112 e. The Labute approximate surface area is 114 Å². The Bertz CT molecular complexity index is 518. The minimum atomic E-state index is 0.605. The van der Waals surface area contributed by atoms with Crippen molar-refractivity contribution < 1.29 is 0 Å². The standard InChI is InChI=1S/C12H13BrClN3/c1-2-17(6-4-14)11-3-5-15-10-7-9(13)8-16-12(10)11/h3,5,7-8H,2,4,6H2,1H3. The summed E-state index contributed by atoms with van der Waals surface area (Å²) in [5.74, 6) is 0.605. The first kappa shape index (κ1) is 12.6. The summed E-state index contributed by atoms with van der Waals surface area (Å²) in [7, 11) is 0. The van der Waals surface area contributed by atoms with Crippen LogP contribution in [0.2, 0.25) is 0 Å². The molecule has 0 unspecified atom stereocenters. The molecule has 2 rings (SSSR count). The lowest BCUT2D eigenvalue weighted by atomic mass is 10.2. The van der Waals surface area contributed by atoms with E-state index in [0.717, 1.165) is 34.3 Å². The normalized spacial score (nSPS) is 10.8. The van der Waals surface area contributed by atoms with Crippen LogP contribution < -0.4 is 4.90 Å². The largest absolute Gasteiger partial charge is 0.369 e. The molecule has 17 heavy (non-hydrogen) atoms. The summed E-state index contributed by atoms with van der Waals surface area (Å²) < 4.78 is 0.940. The molecule has 3 nitrogen and oxygen atoms in total. The highest BCUT2D eigenvalue weighted by Crippen LogP contribution is 2.25. The van der Waals surface area contributed by atoms with Gasteiger partial charge < -0.3 is 4.90 Å². The van der Waals surface area contributed by atoms with Gasteiger partial charge in [0, 0.05) is 35.8 Å². The lowest BCUT2D eigenvalue weighted by Crippen LogP contribution is -2.25. The van der Waals surface area contributed by atoms with Gasteiger partial charge in [0.05, 0.1) is 11.2 Å². The fourth-order valence-electron chi connectivity index (χ4n) is 1.80. The summed E-state index contributed by atoms with van der Waals surface area (Å²) in [6.07, 6.45) is 3.60. The van der Waals surface area contributed by atoms with Gasteiger partial charge in [0.25, 0.3) is 0 Å². The van der Waals surface area contributed by atoms with Gasteiger partial charge in [0.1, 0.15) is 5.52 Å². The highest BCUT2D eigenvalue weighted by atomic mass is 79.9. The van der Waals surface area contributed by atoms with E-state index in [4.69, 9.17) is 11.6 Å². The SMILES string of the molecule is CCN(CCCl)c1ccnc2cc(Br)cnc12. The number of anilines is 1. The molecule has 2 aromatic rings. The maximum absolute atomic E-state index is 5.82. The van der Waals surface area contributed by atoms with Gasteiger partial charge in [-0.2, -0.15) is 0 Å². The lowest BCUT2D eigenvalue weighted by molar-refractivity contribution is 0.872. The van der Waals surface area contributed by atoms with Crippen LogP contribution in [0, 0.1) is 0 Å². The molecule has 0 aliphatic heterocycles. The summed E-state index contributed by atoms with van der Waals surface area (Å²) in [5, 5.41) is 0. The minimum Gasteiger partial charge on any atom is -0.369 e. The number of rotatable bonds is 4. The summed E-state index contributed by atoms with van der Waals surface area (Å²) in [6, 6.07) is 3.96. The second-order valence-electron chi connectivity index (χ2n) is 3.62. The van der Waals surface area contributed by atoms with Crippen LogP contribution in [0.4, 0.5) is 5.69 Å². The number of pyridine rings is 2. The second-order valence-corrected chi connectivity index (χ2v) is 4.91. The fraction of sp³-hybridized carbons (Fsp3) is 0.333. The zero-order valence-corrected chi connectivity index (χ0v) is 11.9. The van der Waals surface area contributed by atoms with Crippen molar-refractivity contribution in [3.63, 3.8) is 0 Å². The number of fused-ring (bicyclic) bond motifs is 1. The molecular weight excluding hydrogens is 302 g/mol. The third-order valence-electron chi connectivity index (χ3n) is 2.60. The van der Waals surface area contributed by atoms with Gasteiger partial charge in [0.2, 0.25) is 0 Å². The van der Waals surface area contributed by atoms with Crippen LogP contribution in [0.1, 0.15) is 6.92 Å². The van der Waals surface area contributed by atoms with Gasteiger partial charge >= 0.3 is 0 Å². The third-order valence-corrected chi connectivity index (χ3v) is 3.20. The number of aromatic nitrogens is 2. The number of halogens is 2. The van der Waals surface area contributed by atoms with E-state index in [2.05, 4.69) is 37.7 Å². The van der Waals surface area contributed by atoms with Crippen LogP contribution in [-0.4, -0.2) is 28.9 Å². The van der Waals surface area contributed by atoms with Crippen molar-refractivity contribution in [3.8, 4) is 0 Å². The Hall–Kier alpha value is -0.870. The molecular formula is C12H13BrClN3. The Morgan fingerprint density at radius 3 is 2.94 bits per heavy atom. The number of hydrogen-bond acceptors (Lipinski definition) is 3. The highest BCUT2D eigenvalue weighted by molar-refractivity contribution is 9.10. The van der Waals surface area contributed by atoms with Gasteiger partial charge in [-0.3, -0.25) is 9.97 Å². The summed E-state index contributed by atoms with van der Waals surface area (Å²) in [4.78, 5) is 11.0. The summed E-state index contributed by atoms with van der Waals surface area (Å²) in [6.45, 7) is 3.83. The first-order chi connectivity index (χ1) is 8.26. The molecule has 0 radical (unpaired) electrons. The van der Waals surface area contributed by atoms with Gasteiger partial charge in [0.15, 0.2) is 0 Å². The van der Waals surface area contributed by atoms with E-state index in [1.807, 2.05) is 18.3 Å². The van der Waals surface area contributed by atoms with Crippen molar-refractivity contribution in [2.45, 2.75) is 6.92 Å². The van der Waals surface area contributed by atoms with Crippen molar-refractivity contribution in [1.29, 1.82) is 0 Å². The Morgan fingerprint density at radius 1 is 1.41 bits per heavy atom. The van der Waals surface area contributed by atoms with Crippen LogP contribution in [0.15, 0.2) is 29.0 Å². The van der Waals surface area contributed by atoms with Crippen LogP contribution in [0.5, 0.6) is 0 Å². The van der Waals surface area contributed by atoms with Gasteiger partial charge in [-0.1, -0.05) is 0 Å². The van der Waals surface area contributed by atoms with E-state index in [0.29, 0.717) is 5.88 Å². The molecule has 0 saturated heterocycles. The van der Waals surface area contributed by atoms with E-state index in [9.17, 15) is 0 Å². The summed E-state index contributed by atoms with van der Waals surface area (Å²) >= 11 is 9.22. The molecule has 0 N–H and O–H groups in total. The molecule has 90 valence electrons. The quantitative estimate of drug-likeness (QED) is 0.809. The third kappa shape index (κ3) is 2.69. The van der Waals surface area contributed by atoms with Gasteiger partial charge in [-0.05, 0) is 35.0 Å². The van der Waals surface area contributed by atoms with E-state index >= 15 is 0 Å². The number of nitrogens with zero attached hydrogens (tertiary/aromatic N) is 3. The van der Waals surface area contributed by atoms with Crippen LogP contribution in [0.3, 0.4) is 0 Å². The van der Waals surface area contributed by atoms with Crippen molar-refractivity contribution in [2.75, 3.05) is 23.9 Å². The molecule has 0 aliphatic rings. The molecule has 0 atom stereocenters. The predicted molar refractivity (Wildman–Crippen MR) is 75.8 cm³/mol. The molecule has 2 aromatic heterocycles. The van der Waals surface area contributed by atoms with Crippen LogP contribution in [-0.2, 0) is 0 Å². The average Bonchev–Trinajstić information content (AvgIpc) is 2.35. The number of hydrogen-bond donors (Lipinski definition) is 0. The summed E-state index contributed by atoms with van der Waals surface area (Å²) in [5.41, 5.74) is 2.90. The molecule has 0 saturated carbocycles. The molecule has 0 fully saturated rings. The molecule has 0 aromatic carbocycles. The Morgan fingerprint density at radius 2 is 2.24 bits per heavy atom. The monoisotopic (exact) mass is 313 g/mol. The minimum absolute atomic E-state index is 0.605.